The third-order valence-electron chi connectivity index (χ3n) is 4.48. The molecule has 7 heteroatoms. The molecule has 0 radical (unpaired) electrons. The van der Waals surface area contributed by atoms with Crippen molar-refractivity contribution in [3.63, 3.8) is 0 Å². The Balaban J connectivity index is 1.29. The molecule has 0 spiro atoms. The van der Waals surface area contributed by atoms with Crippen molar-refractivity contribution in [3.8, 4) is 5.75 Å². The summed E-state index contributed by atoms with van der Waals surface area (Å²) in [5.74, 6) is 2.63. The van der Waals surface area contributed by atoms with Gasteiger partial charge in [-0.2, -0.15) is 0 Å². The first-order chi connectivity index (χ1) is 12.8. The number of rotatable bonds is 5. The zero-order valence-electron chi connectivity index (χ0n) is 14.8. The Bertz CT molecular complexity index is 933. The molecule has 0 atom stereocenters. The smallest absolute Gasteiger partial charge is 0.191 e. The molecular weight excluding hydrogens is 328 g/mol. The Morgan fingerprint density at radius 2 is 2.19 bits per heavy atom. The van der Waals surface area contributed by atoms with Gasteiger partial charge in [-0.05, 0) is 35.7 Å². The molecule has 2 N–H and O–H groups in total. The van der Waals surface area contributed by atoms with Crippen LogP contribution in [0.2, 0.25) is 0 Å². The molecule has 0 bridgehead atoms. The Morgan fingerprint density at radius 3 is 3.12 bits per heavy atom. The van der Waals surface area contributed by atoms with Crippen molar-refractivity contribution in [1.29, 1.82) is 0 Å². The van der Waals surface area contributed by atoms with E-state index in [9.17, 15) is 0 Å². The molecule has 1 aliphatic rings. The lowest BCUT2D eigenvalue weighted by molar-refractivity contribution is 0.357. The largest absolute Gasteiger partial charge is 0.493 e. The van der Waals surface area contributed by atoms with Gasteiger partial charge >= 0.3 is 0 Å². The van der Waals surface area contributed by atoms with E-state index in [1.54, 1.807) is 7.05 Å². The number of aromatic nitrogens is 3. The summed E-state index contributed by atoms with van der Waals surface area (Å²) >= 11 is 0. The average Bonchev–Trinajstić information content (AvgIpc) is 3.31. The molecule has 7 nitrogen and oxygen atoms in total. The fourth-order valence-electron chi connectivity index (χ4n) is 3.12. The number of nitrogens with one attached hydrogen (secondary N) is 2. The Kier molecular flexibility index (Phi) is 4.68. The van der Waals surface area contributed by atoms with E-state index in [2.05, 4.69) is 44.0 Å². The quantitative estimate of drug-likeness (QED) is 0.540. The van der Waals surface area contributed by atoms with Gasteiger partial charge in [0.2, 0.25) is 0 Å². The first kappa shape index (κ1) is 16.4. The maximum absolute atomic E-state index is 5.55. The molecule has 0 amide bonds. The zero-order chi connectivity index (χ0) is 17.8. The van der Waals surface area contributed by atoms with Gasteiger partial charge in [0.25, 0.3) is 0 Å². The number of hydrogen-bond acceptors (Lipinski definition) is 4. The minimum Gasteiger partial charge on any atom is -0.493 e. The number of fused-ring (bicyclic) bond motifs is 2. The highest BCUT2D eigenvalue weighted by Crippen LogP contribution is 2.25. The van der Waals surface area contributed by atoms with Crippen LogP contribution < -0.4 is 15.4 Å². The van der Waals surface area contributed by atoms with Crippen molar-refractivity contribution in [2.75, 3.05) is 20.2 Å². The van der Waals surface area contributed by atoms with Crippen LogP contribution in [-0.2, 0) is 19.4 Å². The average molecular weight is 350 g/mol. The molecule has 134 valence electrons. The van der Waals surface area contributed by atoms with Crippen LogP contribution in [0.3, 0.4) is 0 Å². The van der Waals surface area contributed by atoms with Crippen molar-refractivity contribution < 1.29 is 4.74 Å². The Morgan fingerprint density at radius 1 is 1.23 bits per heavy atom. The first-order valence-corrected chi connectivity index (χ1v) is 8.81. The molecule has 0 unspecified atom stereocenters. The lowest BCUT2D eigenvalue weighted by atomic mass is 10.1. The van der Waals surface area contributed by atoms with Crippen molar-refractivity contribution >= 4 is 11.6 Å². The van der Waals surface area contributed by atoms with E-state index in [1.165, 1.54) is 11.1 Å². The number of benzene rings is 1. The second-order valence-corrected chi connectivity index (χ2v) is 6.19. The van der Waals surface area contributed by atoms with Gasteiger partial charge in [0, 0.05) is 26.2 Å². The number of guanidine groups is 1. The molecule has 0 fully saturated rings. The van der Waals surface area contributed by atoms with Crippen molar-refractivity contribution in [1.82, 2.24) is 25.2 Å². The Hall–Kier alpha value is -3.09. The van der Waals surface area contributed by atoms with Crippen molar-refractivity contribution in [3.05, 3.63) is 59.5 Å². The van der Waals surface area contributed by atoms with Crippen LogP contribution >= 0.6 is 0 Å². The molecule has 3 aromatic rings. The maximum Gasteiger partial charge on any atom is 0.191 e. The van der Waals surface area contributed by atoms with Crippen LogP contribution in [0, 0.1) is 0 Å². The SMILES string of the molecule is CN=C(NCCc1ccc2c(c1)CCO2)NCc1nnc2ccccn12. The van der Waals surface area contributed by atoms with Crippen LogP contribution in [0.4, 0.5) is 0 Å². The molecule has 2 aromatic heterocycles. The third kappa shape index (κ3) is 3.46. The van der Waals surface area contributed by atoms with E-state index in [4.69, 9.17) is 4.74 Å². The topological polar surface area (TPSA) is 75.8 Å². The maximum atomic E-state index is 5.55. The monoisotopic (exact) mass is 350 g/mol. The lowest BCUT2D eigenvalue weighted by Gasteiger charge is -2.11. The van der Waals surface area contributed by atoms with Crippen molar-refractivity contribution in [2.45, 2.75) is 19.4 Å². The fourth-order valence-corrected chi connectivity index (χ4v) is 3.12. The van der Waals surface area contributed by atoms with Crippen LogP contribution in [-0.4, -0.2) is 40.8 Å². The highest BCUT2D eigenvalue weighted by molar-refractivity contribution is 5.79. The van der Waals surface area contributed by atoms with Gasteiger partial charge in [-0.1, -0.05) is 18.2 Å². The molecule has 4 rings (SSSR count). The number of hydrogen-bond donors (Lipinski definition) is 2. The minimum absolute atomic E-state index is 0.557. The number of nitrogens with zero attached hydrogens (tertiary/aromatic N) is 4. The van der Waals surface area contributed by atoms with Gasteiger partial charge in [0.05, 0.1) is 13.2 Å². The summed E-state index contributed by atoms with van der Waals surface area (Å²) in [6.45, 7) is 2.16. The number of pyridine rings is 1. The standard InChI is InChI=1S/C19H22N6O/c1-20-19(22-13-18-24-23-17-4-2-3-10-25(17)18)21-9-7-14-5-6-16-15(12-14)8-11-26-16/h2-6,10,12H,7-9,11,13H2,1H3,(H2,20,21,22). The first-order valence-electron chi connectivity index (χ1n) is 8.81. The van der Waals surface area contributed by atoms with E-state index in [0.717, 1.165) is 49.2 Å². The minimum atomic E-state index is 0.557. The number of aliphatic imine (C=N–C) groups is 1. The normalized spacial score (nSPS) is 13.5. The summed E-state index contributed by atoms with van der Waals surface area (Å²) in [5.41, 5.74) is 3.46. The van der Waals surface area contributed by atoms with Crippen LogP contribution in [0.15, 0.2) is 47.6 Å². The van der Waals surface area contributed by atoms with E-state index in [0.29, 0.717) is 6.54 Å². The van der Waals surface area contributed by atoms with E-state index in [-0.39, 0.29) is 0 Å². The fraction of sp³-hybridized carbons (Fsp3) is 0.316. The van der Waals surface area contributed by atoms with E-state index < -0.39 is 0 Å². The van der Waals surface area contributed by atoms with E-state index in [1.807, 2.05) is 28.8 Å². The summed E-state index contributed by atoms with van der Waals surface area (Å²) in [6.07, 6.45) is 3.90. The summed E-state index contributed by atoms with van der Waals surface area (Å²) in [5, 5.41) is 15.0. The van der Waals surface area contributed by atoms with Crippen molar-refractivity contribution in [2.24, 2.45) is 4.99 Å². The summed E-state index contributed by atoms with van der Waals surface area (Å²) in [7, 11) is 1.77. The summed E-state index contributed by atoms with van der Waals surface area (Å²) in [4.78, 5) is 4.27. The molecule has 0 saturated carbocycles. The molecule has 1 aliphatic heterocycles. The highest BCUT2D eigenvalue weighted by atomic mass is 16.5. The summed E-state index contributed by atoms with van der Waals surface area (Å²) in [6, 6.07) is 12.3. The Labute approximate surface area is 152 Å². The van der Waals surface area contributed by atoms with Gasteiger partial charge in [0.1, 0.15) is 5.75 Å². The molecule has 0 saturated heterocycles. The van der Waals surface area contributed by atoms with Gasteiger partial charge in [-0.3, -0.25) is 9.39 Å². The molecule has 3 heterocycles. The molecule has 0 aliphatic carbocycles. The second-order valence-electron chi connectivity index (χ2n) is 6.19. The van der Waals surface area contributed by atoms with E-state index >= 15 is 0 Å². The zero-order valence-corrected chi connectivity index (χ0v) is 14.8. The second kappa shape index (κ2) is 7.43. The van der Waals surface area contributed by atoms with Crippen LogP contribution in [0.1, 0.15) is 17.0 Å². The van der Waals surface area contributed by atoms with Gasteiger partial charge < -0.3 is 15.4 Å². The van der Waals surface area contributed by atoms with Gasteiger partial charge in [0.15, 0.2) is 17.4 Å². The lowest BCUT2D eigenvalue weighted by Crippen LogP contribution is -2.38. The summed E-state index contributed by atoms with van der Waals surface area (Å²) < 4.78 is 7.52. The third-order valence-corrected chi connectivity index (χ3v) is 4.48. The number of ether oxygens (including phenoxy) is 1. The van der Waals surface area contributed by atoms with Gasteiger partial charge in [-0.25, -0.2) is 0 Å². The molecular formula is C19H22N6O. The molecule has 26 heavy (non-hydrogen) atoms. The highest BCUT2D eigenvalue weighted by Gasteiger charge is 2.12. The molecule has 1 aromatic carbocycles. The van der Waals surface area contributed by atoms with Crippen LogP contribution in [0.25, 0.3) is 5.65 Å². The predicted molar refractivity (Wildman–Crippen MR) is 101 cm³/mol. The predicted octanol–water partition coefficient (Wildman–Crippen LogP) is 1.57. The van der Waals surface area contributed by atoms with Gasteiger partial charge in [-0.15, -0.1) is 10.2 Å². The van der Waals surface area contributed by atoms with Crippen LogP contribution in [0.5, 0.6) is 5.75 Å².